The Kier molecular flexibility index (Phi) is 4.87. The Labute approximate surface area is 131 Å². The first-order valence-electron chi connectivity index (χ1n) is 5.20. The predicted octanol–water partition coefficient (Wildman–Crippen LogP) is 6.26. The molecule has 1 unspecified atom stereocenters. The van der Waals surface area contributed by atoms with Gasteiger partial charge in [0.25, 0.3) is 0 Å². The lowest BCUT2D eigenvalue weighted by Gasteiger charge is -2.09. The topological polar surface area (TPSA) is 0 Å². The molecule has 0 saturated heterocycles. The number of alkyl halides is 1. The van der Waals surface area contributed by atoms with Crippen LogP contribution in [0.1, 0.15) is 20.1 Å². The molecule has 2 rings (SSSR count). The van der Waals surface area contributed by atoms with E-state index in [0.29, 0.717) is 4.83 Å². The van der Waals surface area contributed by atoms with Crippen LogP contribution in [-0.2, 0) is 6.42 Å². The molecule has 0 saturated carbocycles. The second-order valence-electron chi connectivity index (χ2n) is 3.87. The van der Waals surface area contributed by atoms with E-state index in [1.54, 1.807) is 0 Å². The molecule has 1 aromatic carbocycles. The molecule has 1 aromatic heterocycles. The van der Waals surface area contributed by atoms with Crippen LogP contribution in [0.3, 0.4) is 0 Å². The maximum absolute atomic E-state index is 3.78. The smallest absolute Gasteiger partial charge is 0.0540 e. The fraction of sp³-hybridized carbons (Fsp3) is 0.231. The lowest BCUT2D eigenvalue weighted by Crippen LogP contribution is -1.93. The zero-order valence-corrected chi connectivity index (χ0v) is 14.8. The van der Waals surface area contributed by atoms with Crippen LogP contribution < -0.4 is 0 Å². The summed E-state index contributed by atoms with van der Waals surface area (Å²) in [6.45, 7) is 2.14. The van der Waals surface area contributed by atoms with Gasteiger partial charge in [0.1, 0.15) is 0 Å². The van der Waals surface area contributed by atoms with Crippen molar-refractivity contribution in [2.45, 2.75) is 18.2 Å². The number of benzene rings is 1. The van der Waals surface area contributed by atoms with Gasteiger partial charge in [-0.15, -0.1) is 11.3 Å². The quantitative estimate of drug-likeness (QED) is 0.496. The molecule has 0 fully saturated rings. The van der Waals surface area contributed by atoms with Crippen molar-refractivity contribution < 1.29 is 0 Å². The van der Waals surface area contributed by atoms with Crippen molar-refractivity contribution in [3.05, 3.63) is 54.6 Å². The summed E-state index contributed by atoms with van der Waals surface area (Å²) in [6, 6.07) is 10.6. The molecule has 0 aliphatic carbocycles. The third-order valence-electron chi connectivity index (χ3n) is 2.42. The molecule has 4 heteroatoms. The summed E-state index contributed by atoms with van der Waals surface area (Å²) < 4.78 is 2.34. The van der Waals surface area contributed by atoms with E-state index in [2.05, 4.69) is 85.0 Å². The second-order valence-corrected chi connectivity index (χ2v) is 8.03. The third-order valence-corrected chi connectivity index (χ3v) is 6.09. The van der Waals surface area contributed by atoms with Crippen LogP contribution in [0, 0.1) is 6.92 Å². The van der Waals surface area contributed by atoms with Gasteiger partial charge < -0.3 is 0 Å². The molecule has 17 heavy (non-hydrogen) atoms. The molecule has 90 valence electrons. The molecule has 0 bridgehead atoms. The number of halogens is 3. The van der Waals surface area contributed by atoms with E-state index >= 15 is 0 Å². The van der Waals surface area contributed by atoms with Crippen molar-refractivity contribution in [2.75, 3.05) is 0 Å². The first-order chi connectivity index (χ1) is 8.06. The molecule has 0 amide bonds. The Morgan fingerprint density at radius 3 is 2.59 bits per heavy atom. The molecule has 1 atom stereocenters. The van der Waals surface area contributed by atoms with Crippen molar-refractivity contribution in [1.29, 1.82) is 0 Å². The fourth-order valence-corrected chi connectivity index (χ4v) is 5.24. The molecule has 0 radical (unpaired) electrons. The van der Waals surface area contributed by atoms with Gasteiger partial charge in [-0.1, -0.05) is 44.0 Å². The van der Waals surface area contributed by atoms with Crippen LogP contribution >= 0.6 is 59.1 Å². The number of rotatable bonds is 3. The molecule has 0 nitrogen and oxygen atoms in total. The Morgan fingerprint density at radius 2 is 2.00 bits per heavy atom. The fourth-order valence-electron chi connectivity index (χ4n) is 1.68. The van der Waals surface area contributed by atoms with Crippen molar-refractivity contribution >= 4 is 59.1 Å². The minimum atomic E-state index is 0.366. The van der Waals surface area contributed by atoms with Crippen LogP contribution in [0.15, 0.2) is 39.3 Å². The standard InChI is InChI=1S/C13H11Br3S/c1-8-5-11(15)13(17-8)12(16)7-9-3-2-4-10(14)6-9/h2-6,12H,7H2,1H3. The summed E-state index contributed by atoms with van der Waals surface area (Å²) >= 11 is 12.7. The highest BCUT2D eigenvalue weighted by atomic mass is 79.9. The van der Waals surface area contributed by atoms with Gasteiger partial charge in [0.15, 0.2) is 0 Å². The van der Waals surface area contributed by atoms with Crippen molar-refractivity contribution in [2.24, 2.45) is 0 Å². The van der Waals surface area contributed by atoms with Crippen molar-refractivity contribution in [3.8, 4) is 0 Å². The second kappa shape index (κ2) is 6.00. The van der Waals surface area contributed by atoms with Gasteiger partial charge in [0.2, 0.25) is 0 Å². The number of thiophene rings is 1. The average molecular weight is 439 g/mol. The molecular formula is C13H11Br3S. The summed E-state index contributed by atoms with van der Waals surface area (Å²) in [5.74, 6) is 0. The molecular weight excluding hydrogens is 428 g/mol. The summed E-state index contributed by atoms with van der Waals surface area (Å²) in [5, 5.41) is 0. The summed E-state index contributed by atoms with van der Waals surface area (Å²) in [7, 11) is 0. The monoisotopic (exact) mass is 436 g/mol. The van der Waals surface area contributed by atoms with Crippen LogP contribution in [0.2, 0.25) is 0 Å². The van der Waals surface area contributed by atoms with Gasteiger partial charge in [-0.3, -0.25) is 0 Å². The van der Waals surface area contributed by atoms with Gasteiger partial charge in [0.05, 0.1) is 4.83 Å². The maximum Gasteiger partial charge on any atom is 0.0540 e. The van der Waals surface area contributed by atoms with Crippen molar-refractivity contribution in [3.63, 3.8) is 0 Å². The van der Waals surface area contributed by atoms with E-state index in [-0.39, 0.29) is 0 Å². The van der Waals surface area contributed by atoms with Crippen LogP contribution in [0.25, 0.3) is 0 Å². The Bertz CT molecular complexity index is 519. The SMILES string of the molecule is Cc1cc(Br)c(C(Br)Cc2cccc(Br)c2)s1. The first-order valence-corrected chi connectivity index (χ1v) is 8.52. The van der Waals surface area contributed by atoms with Gasteiger partial charge in [0, 0.05) is 18.7 Å². The normalized spacial score (nSPS) is 12.7. The average Bonchev–Trinajstić information content (AvgIpc) is 2.58. The van der Waals surface area contributed by atoms with Gasteiger partial charge in [-0.25, -0.2) is 0 Å². The zero-order chi connectivity index (χ0) is 12.4. The largest absolute Gasteiger partial charge is 0.143 e. The molecule has 0 aliphatic heterocycles. The predicted molar refractivity (Wildman–Crippen MR) is 86.3 cm³/mol. The lowest BCUT2D eigenvalue weighted by atomic mass is 10.1. The van der Waals surface area contributed by atoms with E-state index in [0.717, 1.165) is 10.9 Å². The molecule has 2 aromatic rings. The van der Waals surface area contributed by atoms with Gasteiger partial charge in [-0.05, 0) is 53.0 Å². The first kappa shape index (κ1) is 13.8. The Balaban J connectivity index is 2.16. The third kappa shape index (κ3) is 3.66. The molecule has 1 heterocycles. The number of hydrogen-bond acceptors (Lipinski definition) is 1. The minimum absolute atomic E-state index is 0.366. The minimum Gasteiger partial charge on any atom is -0.143 e. The van der Waals surface area contributed by atoms with E-state index in [9.17, 15) is 0 Å². The number of aryl methyl sites for hydroxylation is 1. The van der Waals surface area contributed by atoms with Crippen LogP contribution in [-0.4, -0.2) is 0 Å². The summed E-state index contributed by atoms with van der Waals surface area (Å²) in [5.41, 5.74) is 1.33. The van der Waals surface area contributed by atoms with Crippen LogP contribution in [0.4, 0.5) is 0 Å². The lowest BCUT2D eigenvalue weighted by molar-refractivity contribution is 0.964. The Morgan fingerprint density at radius 1 is 1.24 bits per heavy atom. The van der Waals surface area contributed by atoms with Crippen molar-refractivity contribution in [1.82, 2.24) is 0 Å². The van der Waals surface area contributed by atoms with Gasteiger partial charge >= 0.3 is 0 Å². The highest BCUT2D eigenvalue weighted by molar-refractivity contribution is 9.11. The molecule has 0 aliphatic rings. The Hall–Kier alpha value is 0.360. The maximum atomic E-state index is 3.78. The van der Waals surface area contributed by atoms with Crippen LogP contribution in [0.5, 0.6) is 0 Å². The van der Waals surface area contributed by atoms with Gasteiger partial charge in [-0.2, -0.15) is 0 Å². The van der Waals surface area contributed by atoms with E-state index < -0.39 is 0 Å². The zero-order valence-electron chi connectivity index (χ0n) is 9.21. The summed E-state index contributed by atoms with van der Waals surface area (Å²) in [4.78, 5) is 3.07. The highest BCUT2D eigenvalue weighted by Gasteiger charge is 2.14. The van der Waals surface area contributed by atoms with E-state index in [1.165, 1.54) is 19.8 Å². The van der Waals surface area contributed by atoms with E-state index in [1.807, 2.05) is 11.3 Å². The number of hydrogen-bond donors (Lipinski definition) is 0. The highest BCUT2D eigenvalue weighted by Crippen LogP contribution is 2.38. The molecule has 0 N–H and O–H groups in total. The van der Waals surface area contributed by atoms with E-state index in [4.69, 9.17) is 0 Å². The summed E-state index contributed by atoms with van der Waals surface area (Å²) in [6.07, 6.45) is 0.998. The molecule has 0 spiro atoms.